The Kier molecular flexibility index (Phi) is 4.15. The summed E-state index contributed by atoms with van der Waals surface area (Å²) < 4.78 is 0. The molecule has 110 valence electrons. The van der Waals surface area contributed by atoms with Gasteiger partial charge in [0.25, 0.3) is 0 Å². The second kappa shape index (κ2) is 6.22. The summed E-state index contributed by atoms with van der Waals surface area (Å²) in [5, 5.41) is 3.05. The standard InChI is InChI=1S/C17H22N4/c1-13(21-11-3-4-12-21)14-5-7-15(8-6-14)17-19-10-9-16(18-2)20-17/h5-10,13H,3-4,11-12H2,1-2H3,(H,18,19,20)/t13-/m1/s1. The van der Waals surface area contributed by atoms with E-state index in [4.69, 9.17) is 0 Å². The fraction of sp³-hybridized carbons (Fsp3) is 0.412. The van der Waals surface area contributed by atoms with Gasteiger partial charge in [-0.1, -0.05) is 24.3 Å². The zero-order valence-corrected chi connectivity index (χ0v) is 12.7. The quantitative estimate of drug-likeness (QED) is 0.933. The minimum Gasteiger partial charge on any atom is -0.373 e. The zero-order valence-electron chi connectivity index (χ0n) is 12.7. The molecule has 1 aliphatic heterocycles. The van der Waals surface area contributed by atoms with Gasteiger partial charge < -0.3 is 5.32 Å². The first-order chi connectivity index (χ1) is 10.3. The number of rotatable bonds is 4. The second-order valence-electron chi connectivity index (χ2n) is 5.56. The predicted octanol–water partition coefficient (Wildman–Crippen LogP) is 3.34. The van der Waals surface area contributed by atoms with E-state index >= 15 is 0 Å². The van der Waals surface area contributed by atoms with Crippen molar-refractivity contribution >= 4 is 5.82 Å². The Bertz CT molecular complexity index is 588. The van der Waals surface area contributed by atoms with Gasteiger partial charge in [0.15, 0.2) is 5.82 Å². The van der Waals surface area contributed by atoms with Crippen LogP contribution in [-0.4, -0.2) is 35.0 Å². The van der Waals surface area contributed by atoms with Crippen molar-refractivity contribution in [1.82, 2.24) is 14.9 Å². The summed E-state index contributed by atoms with van der Waals surface area (Å²) in [6.07, 6.45) is 4.44. The molecule has 1 aromatic heterocycles. The number of nitrogens with zero attached hydrogens (tertiary/aromatic N) is 3. The molecule has 0 bridgehead atoms. The van der Waals surface area contributed by atoms with Crippen LogP contribution < -0.4 is 5.32 Å². The Balaban J connectivity index is 1.79. The Morgan fingerprint density at radius 2 is 1.81 bits per heavy atom. The normalized spacial score (nSPS) is 16.9. The second-order valence-corrected chi connectivity index (χ2v) is 5.56. The molecule has 0 saturated carbocycles. The number of hydrogen-bond acceptors (Lipinski definition) is 4. The van der Waals surface area contributed by atoms with E-state index in [9.17, 15) is 0 Å². The number of nitrogens with one attached hydrogen (secondary N) is 1. The number of anilines is 1. The molecule has 3 rings (SSSR count). The van der Waals surface area contributed by atoms with Crippen LogP contribution in [0, 0.1) is 0 Å². The Morgan fingerprint density at radius 1 is 1.10 bits per heavy atom. The molecule has 1 atom stereocenters. The molecule has 1 saturated heterocycles. The molecule has 0 aliphatic carbocycles. The monoisotopic (exact) mass is 282 g/mol. The lowest BCUT2D eigenvalue weighted by Crippen LogP contribution is -2.23. The number of aromatic nitrogens is 2. The molecule has 1 fully saturated rings. The van der Waals surface area contributed by atoms with Crippen LogP contribution in [0.25, 0.3) is 11.4 Å². The number of hydrogen-bond donors (Lipinski definition) is 1. The van der Waals surface area contributed by atoms with Crippen molar-refractivity contribution < 1.29 is 0 Å². The fourth-order valence-corrected chi connectivity index (χ4v) is 2.89. The lowest BCUT2D eigenvalue weighted by Gasteiger charge is -2.24. The molecule has 0 radical (unpaired) electrons. The minimum absolute atomic E-state index is 0.492. The van der Waals surface area contributed by atoms with Crippen LogP contribution in [0.5, 0.6) is 0 Å². The molecule has 0 spiro atoms. The molecule has 0 unspecified atom stereocenters. The molecule has 1 N–H and O–H groups in total. The fourth-order valence-electron chi connectivity index (χ4n) is 2.89. The summed E-state index contributed by atoms with van der Waals surface area (Å²) in [6, 6.07) is 11.0. The van der Waals surface area contributed by atoms with Gasteiger partial charge in [-0.05, 0) is 44.5 Å². The maximum absolute atomic E-state index is 4.48. The molecule has 4 heteroatoms. The highest BCUT2D eigenvalue weighted by atomic mass is 15.2. The molecule has 1 aromatic carbocycles. The van der Waals surface area contributed by atoms with Crippen molar-refractivity contribution in [2.75, 3.05) is 25.5 Å². The van der Waals surface area contributed by atoms with Crippen molar-refractivity contribution in [1.29, 1.82) is 0 Å². The summed E-state index contributed by atoms with van der Waals surface area (Å²) >= 11 is 0. The van der Waals surface area contributed by atoms with Crippen LogP contribution in [0.2, 0.25) is 0 Å². The average molecular weight is 282 g/mol. The van der Waals surface area contributed by atoms with E-state index in [0.29, 0.717) is 6.04 Å². The van der Waals surface area contributed by atoms with Gasteiger partial charge >= 0.3 is 0 Å². The van der Waals surface area contributed by atoms with Gasteiger partial charge in [0.1, 0.15) is 5.82 Å². The molecular formula is C17H22N4. The zero-order chi connectivity index (χ0) is 14.7. The van der Waals surface area contributed by atoms with Crippen molar-refractivity contribution in [3.8, 4) is 11.4 Å². The molecule has 2 heterocycles. The van der Waals surface area contributed by atoms with Crippen LogP contribution in [0.3, 0.4) is 0 Å². The third kappa shape index (κ3) is 3.05. The Hall–Kier alpha value is -1.94. The van der Waals surface area contributed by atoms with E-state index in [-0.39, 0.29) is 0 Å². The third-order valence-electron chi connectivity index (χ3n) is 4.25. The maximum Gasteiger partial charge on any atom is 0.161 e. The number of likely N-dealkylation sites (tertiary alicyclic amines) is 1. The van der Waals surface area contributed by atoms with Gasteiger partial charge in [-0.2, -0.15) is 0 Å². The molecule has 4 nitrogen and oxygen atoms in total. The van der Waals surface area contributed by atoms with Crippen molar-refractivity contribution in [3.63, 3.8) is 0 Å². The van der Waals surface area contributed by atoms with E-state index in [1.54, 1.807) is 6.20 Å². The maximum atomic E-state index is 4.48. The summed E-state index contributed by atoms with van der Waals surface area (Å²) in [5.41, 5.74) is 2.43. The Morgan fingerprint density at radius 3 is 2.48 bits per heavy atom. The summed E-state index contributed by atoms with van der Waals surface area (Å²) in [6.45, 7) is 4.73. The summed E-state index contributed by atoms with van der Waals surface area (Å²) in [4.78, 5) is 11.4. The summed E-state index contributed by atoms with van der Waals surface area (Å²) in [5.74, 6) is 1.61. The summed E-state index contributed by atoms with van der Waals surface area (Å²) in [7, 11) is 1.87. The molecular weight excluding hydrogens is 260 g/mol. The van der Waals surface area contributed by atoms with Gasteiger partial charge in [-0.3, -0.25) is 4.90 Å². The largest absolute Gasteiger partial charge is 0.373 e. The molecule has 2 aromatic rings. The minimum atomic E-state index is 0.492. The first kappa shape index (κ1) is 14.0. The lowest BCUT2D eigenvalue weighted by molar-refractivity contribution is 0.263. The highest BCUT2D eigenvalue weighted by Gasteiger charge is 2.19. The van der Waals surface area contributed by atoms with Crippen molar-refractivity contribution in [3.05, 3.63) is 42.1 Å². The van der Waals surface area contributed by atoms with Gasteiger partial charge in [-0.25, -0.2) is 9.97 Å². The van der Waals surface area contributed by atoms with E-state index in [1.807, 2.05) is 13.1 Å². The molecule has 21 heavy (non-hydrogen) atoms. The first-order valence-electron chi connectivity index (χ1n) is 7.63. The van der Waals surface area contributed by atoms with Crippen LogP contribution in [0.4, 0.5) is 5.82 Å². The van der Waals surface area contributed by atoms with Gasteiger partial charge in [0.05, 0.1) is 0 Å². The Labute approximate surface area is 126 Å². The van der Waals surface area contributed by atoms with Gasteiger partial charge in [0.2, 0.25) is 0 Å². The van der Waals surface area contributed by atoms with Crippen molar-refractivity contribution in [2.24, 2.45) is 0 Å². The smallest absolute Gasteiger partial charge is 0.161 e. The van der Waals surface area contributed by atoms with Crippen LogP contribution >= 0.6 is 0 Å². The van der Waals surface area contributed by atoms with E-state index in [1.165, 1.54) is 31.5 Å². The van der Waals surface area contributed by atoms with Crippen LogP contribution in [0.15, 0.2) is 36.5 Å². The van der Waals surface area contributed by atoms with Gasteiger partial charge in [-0.15, -0.1) is 0 Å². The van der Waals surface area contributed by atoms with Gasteiger partial charge in [0, 0.05) is 24.8 Å². The molecule has 0 amide bonds. The average Bonchev–Trinajstić information content (AvgIpc) is 3.09. The predicted molar refractivity (Wildman–Crippen MR) is 86.2 cm³/mol. The lowest BCUT2D eigenvalue weighted by atomic mass is 10.0. The highest BCUT2D eigenvalue weighted by Crippen LogP contribution is 2.26. The third-order valence-corrected chi connectivity index (χ3v) is 4.25. The van der Waals surface area contributed by atoms with Crippen LogP contribution in [-0.2, 0) is 0 Å². The van der Waals surface area contributed by atoms with Crippen molar-refractivity contribution in [2.45, 2.75) is 25.8 Å². The van der Waals surface area contributed by atoms with E-state index < -0.39 is 0 Å². The highest BCUT2D eigenvalue weighted by molar-refractivity contribution is 5.57. The first-order valence-corrected chi connectivity index (χ1v) is 7.63. The molecule has 1 aliphatic rings. The van der Waals surface area contributed by atoms with E-state index in [2.05, 4.69) is 51.4 Å². The topological polar surface area (TPSA) is 41.1 Å². The number of benzene rings is 1. The van der Waals surface area contributed by atoms with E-state index in [0.717, 1.165) is 17.2 Å². The van der Waals surface area contributed by atoms with Crippen LogP contribution in [0.1, 0.15) is 31.4 Å². The SMILES string of the molecule is CNc1ccnc(-c2ccc([C@@H](C)N3CCCC3)cc2)n1.